The van der Waals surface area contributed by atoms with Crippen LogP contribution < -0.4 is 5.32 Å². The van der Waals surface area contributed by atoms with Crippen molar-refractivity contribution in [3.8, 4) is 0 Å². The Kier molecular flexibility index (Phi) is 4.23. The van der Waals surface area contributed by atoms with Gasteiger partial charge in [0, 0.05) is 13.1 Å². The van der Waals surface area contributed by atoms with Crippen LogP contribution in [-0.2, 0) is 13.2 Å². The van der Waals surface area contributed by atoms with Crippen LogP contribution >= 0.6 is 15.9 Å². The second kappa shape index (κ2) is 5.79. The molecule has 1 N–H and O–H groups in total. The van der Waals surface area contributed by atoms with Gasteiger partial charge in [-0.05, 0) is 59.9 Å². The fourth-order valence-electron chi connectivity index (χ4n) is 4.21. The number of aromatic nitrogens is 2. The molecule has 2 fully saturated rings. The minimum absolute atomic E-state index is 0.0473. The number of hydrogen-bond donors (Lipinski definition) is 1. The minimum atomic E-state index is -4.59. The van der Waals surface area contributed by atoms with E-state index in [1.807, 2.05) is 6.92 Å². The highest BCUT2D eigenvalue weighted by Gasteiger charge is 2.43. The number of alkyl halides is 3. The lowest BCUT2D eigenvalue weighted by Gasteiger charge is -2.28. The van der Waals surface area contributed by atoms with Crippen LogP contribution in [0, 0.1) is 17.8 Å². The molecular formula is C15H19BrF3N3O. The number of carbonyl (C=O) groups is 1. The smallest absolute Gasteiger partial charge is 0.348 e. The topological polar surface area (TPSA) is 46.9 Å². The van der Waals surface area contributed by atoms with Gasteiger partial charge in [-0.15, -0.1) is 0 Å². The SMILES string of the molecule is C[C@@H](NC(=O)c1c(Br)c(C(F)(F)F)nn1C)[C@H]1C[C@@H]2CC[C@@H]1C2. The molecule has 1 heterocycles. The van der Waals surface area contributed by atoms with E-state index in [4.69, 9.17) is 0 Å². The molecule has 1 amide bonds. The Balaban J connectivity index is 1.75. The zero-order valence-corrected chi connectivity index (χ0v) is 14.5. The summed E-state index contributed by atoms with van der Waals surface area (Å²) in [7, 11) is 1.34. The molecular weight excluding hydrogens is 375 g/mol. The van der Waals surface area contributed by atoms with Gasteiger partial charge in [-0.3, -0.25) is 9.48 Å². The fourth-order valence-corrected chi connectivity index (χ4v) is 4.96. The van der Waals surface area contributed by atoms with Crippen LogP contribution in [0.25, 0.3) is 0 Å². The summed E-state index contributed by atoms with van der Waals surface area (Å²) < 4.78 is 39.3. The molecule has 0 spiro atoms. The van der Waals surface area contributed by atoms with Gasteiger partial charge < -0.3 is 5.32 Å². The van der Waals surface area contributed by atoms with Gasteiger partial charge in [-0.25, -0.2) is 0 Å². The van der Waals surface area contributed by atoms with E-state index in [1.165, 1.54) is 26.3 Å². The molecule has 1 aromatic rings. The van der Waals surface area contributed by atoms with Crippen LogP contribution in [0.5, 0.6) is 0 Å². The first kappa shape index (κ1) is 16.8. The third kappa shape index (κ3) is 3.02. The van der Waals surface area contributed by atoms with E-state index in [1.54, 1.807) is 0 Å². The number of nitrogens with zero attached hydrogens (tertiary/aromatic N) is 2. The first-order chi connectivity index (χ1) is 10.7. The predicted octanol–water partition coefficient (Wildman–Crippen LogP) is 3.76. The van der Waals surface area contributed by atoms with Gasteiger partial charge in [-0.1, -0.05) is 6.42 Å². The van der Waals surface area contributed by atoms with Crippen LogP contribution in [0.15, 0.2) is 4.47 Å². The molecule has 2 bridgehead atoms. The summed E-state index contributed by atoms with van der Waals surface area (Å²) in [5.74, 6) is 1.30. The third-order valence-electron chi connectivity index (χ3n) is 5.27. The van der Waals surface area contributed by atoms with Gasteiger partial charge >= 0.3 is 6.18 Å². The van der Waals surface area contributed by atoms with Gasteiger partial charge in [0.2, 0.25) is 0 Å². The van der Waals surface area contributed by atoms with E-state index < -0.39 is 17.8 Å². The zero-order valence-electron chi connectivity index (χ0n) is 13.0. The van der Waals surface area contributed by atoms with E-state index in [0.29, 0.717) is 11.8 Å². The molecule has 128 valence electrons. The second-order valence-electron chi connectivity index (χ2n) is 6.73. The molecule has 8 heteroatoms. The number of halogens is 4. The van der Waals surface area contributed by atoms with Gasteiger partial charge in [0.25, 0.3) is 5.91 Å². The Morgan fingerprint density at radius 2 is 2.09 bits per heavy atom. The summed E-state index contributed by atoms with van der Waals surface area (Å²) in [6, 6.07) is -0.0473. The fraction of sp³-hybridized carbons (Fsp3) is 0.733. The minimum Gasteiger partial charge on any atom is -0.348 e. The first-order valence-corrected chi connectivity index (χ1v) is 8.58. The summed E-state index contributed by atoms with van der Waals surface area (Å²) in [6.45, 7) is 1.94. The van der Waals surface area contributed by atoms with Crippen molar-refractivity contribution in [3.63, 3.8) is 0 Å². The Morgan fingerprint density at radius 1 is 1.39 bits per heavy atom. The van der Waals surface area contributed by atoms with Crippen molar-refractivity contribution in [1.82, 2.24) is 15.1 Å². The van der Waals surface area contributed by atoms with Crippen molar-refractivity contribution in [3.05, 3.63) is 15.9 Å². The molecule has 1 aromatic heterocycles. The molecule has 0 aromatic carbocycles. The van der Waals surface area contributed by atoms with Crippen molar-refractivity contribution in [2.24, 2.45) is 24.8 Å². The van der Waals surface area contributed by atoms with Gasteiger partial charge in [0.1, 0.15) is 5.69 Å². The second-order valence-corrected chi connectivity index (χ2v) is 7.53. The lowest BCUT2D eigenvalue weighted by atomic mass is 9.84. The standard InChI is InChI=1S/C15H19BrF3N3O/c1-7(10-6-8-3-4-9(10)5-8)20-14(23)12-11(16)13(15(17,18)19)21-22(12)2/h7-10H,3-6H2,1-2H3,(H,20,23)/t7-,8-,9-,10-/m1/s1. The molecule has 4 nitrogen and oxygen atoms in total. The molecule has 3 rings (SSSR count). The summed E-state index contributed by atoms with van der Waals surface area (Å²) in [4.78, 5) is 12.4. The third-order valence-corrected chi connectivity index (χ3v) is 6.02. The van der Waals surface area contributed by atoms with Crippen molar-refractivity contribution >= 4 is 21.8 Å². The maximum Gasteiger partial charge on any atom is 0.436 e. The highest BCUT2D eigenvalue weighted by Crippen LogP contribution is 2.49. The Morgan fingerprint density at radius 3 is 2.57 bits per heavy atom. The van der Waals surface area contributed by atoms with E-state index in [2.05, 4.69) is 26.3 Å². The van der Waals surface area contributed by atoms with Gasteiger partial charge in [0.05, 0.1) is 4.47 Å². The molecule has 0 saturated heterocycles. The lowest BCUT2D eigenvalue weighted by molar-refractivity contribution is -0.142. The number of aryl methyl sites for hydroxylation is 1. The Bertz CT molecular complexity index is 628. The quantitative estimate of drug-likeness (QED) is 0.849. The summed E-state index contributed by atoms with van der Waals surface area (Å²) in [5, 5.41) is 6.30. The maximum atomic E-state index is 12.9. The van der Waals surface area contributed by atoms with Crippen molar-refractivity contribution in [2.45, 2.75) is 44.8 Å². The number of carbonyl (C=O) groups excluding carboxylic acids is 1. The molecule has 0 radical (unpaired) electrons. The van der Waals surface area contributed by atoms with E-state index in [-0.39, 0.29) is 16.2 Å². The number of fused-ring (bicyclic) bond motifs is 2. The largest absolute Gasteiger partial charge is 0.436 e. The van der Waals surface area contributed by atoms with E-state index >= 15 is 0 Å². The monoisotopic (exact) mass is 393 g/mol. The number of rotatable bonds is 3. The predicted molar refractivity (Wildman–Crippen MR) is 81.8 cm³/mol. The summed E-state index contributed by atoms with van der Waals surface area (Å²) in [6.07, 6.45) is 0.198. The van der Waals surface area contributed by atoms with Crippen molar-refractivity contribution in [1.29, 1.82) is 0 Å². The number of amides is 1. The first-order valence-electron chi connectivity index (χ1n) is 7.79. The molecule has 2 saturated carbocycles. The molecule has 4 atom stereocenters. The van der Waals surface area contributed by atoms with Crippen LogP contribution in [0.2, 0.25) is 0 Å². The maximum absolute atomic E-state index is 12.9. The number of nitrogens with one attached hydrogen (secondary N) is 1. The van der Waals surface area contributed by atoms with Crippen molar-refractivity contribution < 1.29 is 18.0 Å². The van der Waals surface area contributed by atoms with Gasteiger partial charge in [-0.2, -0.15) is 18.3 Å². The molecule has 2 aliphatic rings. The van der Waals surface area contributed by atoms with E-state index in [9.17, 15) is 18.0 Å². The molecule has 0 unspecified atom stereocenters. The van der Waals surface area contributed by atoms with Crippen LogP contribution in [0.3, 0.4) is 0 Å². The van der Waals surface area contributed by atoms with Crippen LogP contribution in [0.4, 0.5) is 13.2 Å². The average molecular weight is 394 g/mol. The molecule has 0 aliphatic heterocycles. The number of hydrogen-bond acceptors (Lipinski definition) is 2. The van der Waals surface area contributed by atoms with Gasteiger partial charge in [0.15, 0.2) is 5.69 Å². The Hall–Kier alpha value is -1.05. The van der Waals surface area contributed by atoms with Crippen molar-refractivity contribution in [2.75, 3.05) is 0 Å². The Labute approximate surface area is 140 Å². The van der Waals surface area contributed by atoms with Crippen LogP contribution in [-0.4, -0.2) is 21.7 Å². The average Bonchev–Trinajstić information content (AvgIpc) is 3.12. The molecule has 2 aliphatic carbocycles. The highest BCUT2D eigenvalue weighted by atomic mass is 79.9. The highest BCUT2D eigenvalue weighted by molar-refractivity contribution is 9.10. The summed E-state index contributed by atoms with van der Waals surface area (Å²) in [5.41, 5.74) is -1.16. The lowest BCUT2D eigenvalue weighted by Crippen LogP contribution is -2.40. The summed E-state index contributed by atoms with van der Waals surface area (Å²) >= 11 is 2.88. The van der Waals surface area contributed by atoms with Crippen LogP contribution in [0.1, 0.15) is 48.8 Å². The zero-order chi connectivity index (χ0) is 16.9. The molecule has 23 heavy (non-hydrogen) atoms. The van der Waals surface area contributed by atoms with E-state index in [0.717, 1.165) is 17.0 Å². The normalized spacial score (nSPS) is 28.2.